The van der Waals surface area contributed by atoms with Gasteiger partial charge in [-0.3, -0.25) is 24.3 Å². The molecule has 0 aliphatic carbocycles. The fourth-order valence-electron chi connectivity index (χ4n) is 2.13. The molecule has 12 nitrogen and oxygen atoms in total. The van der Waals surface area contributed by atoms with E-state index < -0.39 is 16.8 Å². The number of nitrogens with zero attached hydrogens (tertiary/aromatic N) is 5. The van der Waals surface area contributed by atoms with Gasteiger partial charge in [0.05, 0.1) is 31.4 Å². The first-order valence-electron chi connectivity index (χ1n) is 7.62. The number of carbonyl (C=O) groups excluding carboxylic acids is 2. The number of carbonyl (C=O) groups is 2. The van der Waals surface area contributed by atoms with Crippen LogP contribution < -0.4 is 10.1 Å². The van der Waals surface area contributed by atoms with Crippen molar-refractivity contribution in [2.45, 2.75) is 19.9 Å². The number of anilines is 1. The average molecular weight is 366 g/mol. The number of hydrogen-bond acceptors (Lipinski definition) is 8. The Labute approximate surface area is 147 Å². The summed E-state index contributed by atoms with van der Waals surface area (Å²) in [6.45, 7) is 1.95. The van der Waals surface area contributed by atoms with E-state index in [2.05, 4.69) is 15.5 Å². The van der Waals surface area contributed by atoms with Crippen LogP contribution in [0, 0.1) is 10.1 Å². The number of nitrogens with one attached hydrogen (secondary N) is 1. The summed E-state index contributed by atoms with van der Waals surface area (Å²) in [7, 11) is 2.84. The lowest BCUT2D eigenvalue weighted by molar-refractivity contribution is -0.385. The van der Waals surface area contributed by atoms with Crippen molar-refractivity contribution in [3.8, 4) is 5.88 Å². The van der Waals surface area contributed by atoms with Crippen LogP contribution in [0.2, 0.25) is 0 Å². The largest absolute Gasteiger partial charge is 0.475 e. The quantitative estimate of drug-likeness (QED) is 0.409. The molecule has 0 fully saturated rings. The zero-order valence-electron chi connectivity index (χ0n) is 14.5. The van der Waals surface area contributed by atoms with Crippen molar-refractivity contribution in [1.82, 2.24) is 19.6 Å². The van der Waals surface area contributed by atoms with Gasteiger partial charge in [0, 0.05) is 13.5 Å². The van der Waals surface area contributed by atoms with Gasteiger partial charge in [-0.2, -0.15) is 5.10 Å². The van der Waals surface area contributed by atoms with E-state index in [0.717, 1.165) is 0 Å². The first-order chi connectivity index (χ1) is 12.4. The molecule has 26 heavy (non-hydrogen) atoms. The topological polar surface area (TPSA) is 143 Å². The van der Waals surface area contributed by atoms with Crippen molar-refractivity contribution in [2.24, 2.45) is 7.05 Å². The number of esters is 1. The second-order valence-electron chi connectivity index (χ2n) is 5.09. The summed E-state index contributed by atoms with van der Waals surface area (Å²) in [5.74, 6) is -0.941. The standard InChI is InChI=1S/C14H18N6O6/c1-4-26-14(22)9-7-15-18(2)12(9)16-11(21)5-6-19-8-10(20(23)24)13(17-19)25-3/h7-8H,4-6H2,1-3H3,(H,16,21). The molecule has 0 aliphatic heterocycles. The lowest BCUT2D eigenvalue weighted by Crippen LogP contribution is -2.19. The molecule has 1 amide bonds. The van der Waals surface area contributed by atoms with Crippen LogP contribution in [0.25, 0.3) is 0 Å². The van der Waals surface area contributed by atoms with Crippen LogP contribution >= 0.6 is 0 Å². The maximum Gasteiger partial charge on any atom is 0.350 e. The van der Waals surface area contributed by atoms with Crippen LogP contribution in [0.5, 0.6) is 5.88 Å². The highest BCUT2D eigenvalue weighted by atomic mass is 16.6. The third-order valence-corrected chi connectivity index (χ3v) is 3.36. The Bertz CT molecular complexity index is 826. The molecule has 0 aromatic carbocycles. The Kier molecular flexibility index (Phi) is 5.88. The predicted octanol–water partition coefficient (Wildman–Crippen LogP) is 0.739. The SMILES string of the molecule is CCOC(=O)c1cnn(C)c1NC(=O)CCn1cc([N+](=O)[O-])c(OC)n1. The highest BCUT2D eigenvalue weighted by Crippen LogP contribution is 2.24. The van der Waals surface area contributed by atoms with Gasteiger partial charge >= 0.3 is 17.5 Å². The fourth-order valence-corrected chi connectivity index (χ4v) is 2.13. The van der Waals surface area contributed by atoms with E-state index in [0.29, 0.717) is 0 Å². The summed E-state index contributed by atoms with van der Waals surface area (Å²) >= 11 is 0. The van der Waals surface area contributed by atoms with Crippen molar-refractivity contribution in [2.75, 3.05) is 19.0 Å². The maximum absolute atomic E-state index is 12.2. The van der Waals surface area contributed by atoms with Gasteiger partial charge in [0.15, 0.2) is 0 Å². The molecule has 0 atom stereocenters. The number of nitro groups is 1. The number of hydrogen-bond donors (Lipinski definition) is 1. The molecule has 2 aromatic heterocycles. The van der Waals surface area contributed by atoms with Gasteiger partial charge in [-0.25, -0.2) is 4.79 Å². The molecule has 0 saturated carbocycles. The van der Waals surface area contributed by atoms with Crippen LogP contribution in [0.4, 0.5) is 11.5 Å². The molecule has 140 valence electrons. The van der Waals surface area contributed by atoms with Crippen molar-refractivity contribution in [3.63, 3.8) is 0 Å². The summed E-state index contributed by atoms with van der Waals surface area (Å²) in [6, 6.07) is 0. The minimum Gasteiger partial charge on any atom is -0.475 e. The highest BCUT2D eigenvalue weighted by molar-refractivity contribution is 6.00. The van der Waals surface area contributed by atoms with Crippen molar-refractivity contribution >= 4 is 23.4 Å². The van der Waals surface area contributed by atoms with Gasteiger partial charge in [-0.15, -0.1) is 5.10 Å². The summed E-state index contributed by atoms with van der Waals surface area (Å²) < 4.78 is 12.3. The molecule has 0 radical (unpaired) electrons. The lowest BCUT2D eigenvalue weighted by atomic mass is 10.3. The van der Waals surface area contributed by atoms with E-state index in [9.17, 15) is 19.7 Å². The van der Waals surface area contributed by atoms with Crippen molar-refractivity contribution < 1.29 is 24.0 Å². The third-order valence-electron chi connectivity index (χ3n) is 3.36. The Morgan fingerprint density at radius 3 is 2.73 bits per heavy atom. The fraction of sp³-hybridized carbons (Fsp3) is 0.429. The predicted molar refractivity (Wildman–Crippen MR) is 87.8 cm³/mol. The number of aryl methyl sites for hydroxylation is 2. The highest BCUT2D eigenvalue weighted by Gasteiger charge is 2.21. The van der Waals surface area contributed by atoms with Crippen LogP contribution in [0.1, 0.15) is 23.7 Å². The normalized spacial score (nSPS) is 10.4. The summed E-state index contributed by atoms with van der Waals surface area (Å²) in [5.41, 5.74) is -0.150. The Balaban J connectivity index is 2.03. The molecule has 2 aromatic rings. The molecule has 0 unspecified atom stereocenters. The van der Waals surface area contributed by atoms with E-state index >= 15 is 0 Å². The molecule has 0 aliphatic rings. The zero-order valence-corrected chi connectivity index (χ0v) is 14.5. The molecule has 0 bridgehead atoms. The first kappa shape index (κ1) is 18.9. The average Bonchev–Trinajstić information content (AvgIpc) is 3.17. The molecule has 12 heteroatoms. The van der Waals surface area contributed by atoms with E-state index in [1.54, 1.807) is 14.0 Å². The summed E-state index contributed by atoms with van der Waals surface area (Å²) in [6.07, 6.45) is 2.45. The molecule has 0 saturated heterocycles. The molecule has 0 spiro atoms. The second kappa shape index (κ2) is 8.09. The van der Waals surface area contributed by atoms with E-state index in [-0.39, 0.29) is 42.5 Å². The van der Waals surface area contributed by atoms with Crippen molar-refractivity contribution in [1.29, 1.82) is 0 Å². The number of methoxy groups -OCH3 is 1. The number of ether oxygens (including phenoxy) is 2. The number of aromatic nitrogens is 4. The van der Waals surface area contributed by atoms with Crippen molar-refractivity contribution in [3.05, 3.63) is 28.1 Å². The Morgan fingerprint density at radius 2 is 2.15 bits per heavy atom. The second-order valence-corrected chi connectivity index (χ2v) is 5.09. The monoisotopic (exact) mass is 366 g/mol. The smallest absolute Gasteiger partial charge is 0.350 e. The van der Waals surface area contributed by atoms with E-state index in [1.807, 2.05) is 0 Å². The van der Waals surface area contributed by atoms with E-state index in [1.165, 1.54) is 28.9 Å². The minimum absolute atomic E-state index is 0.0323. The first-order valence-corrected chi connectivity index (χ1v) is 7.62. The molecule has 2 rings (SSSR count). The molecule has 2 heterocycles. The van der Waals surface area contributed by atoms with Gasteiger partial charge in [0.2, 0.25) is 5.91 Å². The van der Waals surface area contributed by atoms with Crippen LogP contribution in [0.15, 0.2) is 12.4 Å². The lowest BCUT2D eigenvalue weighted by Gasteiger charge is -2.08. The number of amides is 1. The van der Waals surface area contributed by atoms with Gasteiger partial charge in [0.1, 0.15) is 17.6 Å². The van der Waals surface area contributed by atoms with Crippen LogP contribution in [0.3, 0.4) is 0 Å². The minimum atomic E-state index is -0.621. The van der Waals surface area contributed by atoms with Gasteiger partial charge in [-0.05, 0) is 6.92 Å². The summed E-state index contributed by atoms with van der Waals surface area (Å²) in [5, 5.41) is 21.3. The van der Waals surface area contributed by atoms with E-state index in [4.69, 9.17) is 9.47 Å². The zero-order chi connectivity index (χ0) is 19.3. The van der Waals surface area contributed by atoms with Gasteiger partial charge < -0.3 is 14.8 Å². The molecule has 1 N–H and O–H groups in total. The van der Waals surface area contributed by atoms with Crippen LogP contribution in [-0.2, 0) is 23.1 Å². The third kappa shape index (κ3) is 4.15. The Morgan fingerprint density at radius 1 is 1.42 bits per heavy atom. The Hall–Kier alpha value is -3.44. The van der Waals surface area contributed by atoms with Gasteiger partial charge in [0.25, 0.3) is 0 Å². The molecular formula is C14H18N6O6. The molecular weight excluding hydrogens is 348 g/mol. The maximum atomic E-state index is 12.2. The van der Waals surface area contributed by atoms with Crippen LogP contribution in [-0.4, -0.2) is 50.1 Å². The van der Waals surface area contributed by atoms with Gasteiger partial charge in [-0.1, -0.05) is 0 Å². The summed E-state index contributed by atoms with van der Waals surface area (Å²) in [4.78, 5) is 34.3. The number of rotatable bonds is 8.